The fourth-order valence-corrected chi connectivity index (χ4v) is 1.49. The van der Waals surface area contributed by atoms with E-state index in [1.54, 1.807) is 6.07 Å². The van der Waals surface area contributed by atoms with E-state index in [0.29, 0.717) is 5.02 Å². The third-order valence-electron chi connectivity index (χ3n) is 1.50. The van der Waals surface area contributed by atoms with Crippen LogP contribution in [0.2, 0.25) is 5.02 Å². The molecule has 1 aromatic carbocycles. The van der Waals surface area contributed by atoms with Crippen LogP contribution in [0.1, 0.15) is 0 Å². The summed E-state index contributed by atoms with van der Waals surface area (Å²) >= 11 is 9.29. The van der Waals surface area contributed by atoms with Crippen LogP contribution in [0.5, 0.6) is 0 Å². The Hall–Kier alpha value is -0.940. The first-order valence-corrected chi connectivity index (χ1v) is 4.63. The molecule has 0 atom stereocenters. The van der Waals surface area contributed by atoms with Gasteiger partial charge >= 0.3 is 0 Å². The summed E-state index contributed by atoms with van der Waals surface area (Å²) in [5.41, 5.74) is 0.751. The Kier molecular flexibility index (Phi) is 2.28. The van der Waals surface area contributed by atoms with Crippen LogP contribution in [0.4, 0.5) is 0 Å². The Bertz CT molecular complexity index is 414. The molecule has 0 spiro atoms. The maximum Gasteiger partial charge on any atom is 0.143 e. The molecule has 66 valence electrons. The van der Waals surface area contributed by atoms with E-state index in [9.17, 15) is 0 Å². The van der Waals surface area contributed by atoms with E-state index in [-0.39, 0.29) is 0 Å². The standard InChI is InChI=1S/C7H4BrClN4/c8-5-1-2-6(9)7(3-5)13-4-10-11-12-13/h1-4H. The van der Waals surface area contributed by atoms with Gasteiger partial charge in [0.25, 0.3) is 0 Å². The Labute approximate surface area is 87.6 Å². The summed E-state index contributed by atoms with van der Waals surface area (Å²) in [6.07, 6.45) is 1.49. The van der Waals surface area contributed by atoms with Crippen molar-refractivity contribution in [1.82, 2.24) is 20.2 Å². The molecular weight excluding hydrogens is 255 g/mol. The number of tetrazole rings is 1. The number of halogens is 2. The predicted octanol–water partition coefficient (Wildman–Crippen LogP) is 2.08. The zero-order valence-corrected chi connectivity index (χ0v) is 8.70. The van der Waals surface area contributed by atoms with E-state index in [1.165, 1.54) is 11.0 Å². The second-order valence-electron chi connectivity index (χ2n) is 2.35. The average Bonchev–Trinajstić information content (AvgIpc) is 2.61. The van der Waals surface area contributed by atoms with E-state index in [1.807, 2.05) is 12.1 Å². The summed E-state index contributed by atoms with van der Waals surface area (Å²) in [5.74, 6) is 0. The lowest BCUT2D eigenvalue weighted by molar-refractivity contribution is 0.789. The first-order valence-electron chi connectivity index (χ1n) is 3.46. The third-order valence-corrected chi connectivity index (χ3v) is 2.32. The van der Waals surface area contributed by atoms with Crippen LogP contribution in [0.15, 0.2) is 29.0 Å². The molecule has 0 saturated heterocycles. The Morgan fingerprint density at radius 3 is 2.92 bits per heavy atom. The second-order valence-corrected chi connectivity index (χ2v) is 3.67. The van der Waals surface area contributed by atoms with Crippen molar-refractivity contribution in [1.29, 1.82) is 0 Å². The number of hydrogen-bond acceptors (Lipinski definition) is 3. The highest BCUT2D eigenvalue weighted by atomic mass is 79.9. The van der Waals surface area contributed by atoms with Crippen LogP contribution in [-0.2, 0) is 0 Å². The van der Waals surface area contributed by atoms with Crippen LogP contribution in [0.3, 0.4) is 0 Å². The maximum absolute atomic E-state index is 5.95. The van der Waals surface area contributed by atoms with E-state index in [0.717, 1.165) is 10.2 Å². The molecule has 0 fully saturated rings. The van der Waals surface area contributed by atoms with Crippen molar-refractivity contribution in [2.75, 3.05) is 0 Å². The van der Waals surface area contributed by atoms with Gasteiger partial charge in [0.2, 0.25) is 0 Å². The largest absolute Gasteiger partial charge is 0.199 e. The van der Waals surface area contributed by atoms with Crippen LogP contribution < -0.4 is 0 Å². The van der Waals surface area contributed by atoms with Crippen LogP contribution in [0, 0.1) is 0 Å². The highest BCUT2D eigenvalue weighted by molar-refractivity contribution is 9.10. The van der Waals surface area contributed by atoms with Crippen molar-refractivity contribution >= 4 is 27.5 Å². The molecule has 13 heavy (non-hydrogen) atoms. The van der Waals surface area contributed by atoms with E-state index < -0.39 is 0 Å². The normalized spacial score (nSPS) is 10.3. The number of benzene rings is 1. The maximum atomic E-state index is 5.95. The zero-order chi connectivity index (χ0) is 9.26. The van der Waals surface area contributed by atoms with Gasteiger partial charge in [-0.05, 0) is 28.6 Å². The van der Waals surface area contributed by atoms with Gasteiger partial charge in [0.15, 0.2) is 0 Å². The summed E-state index contributed by atoms with van der Waals surface area (Å²) < 4.78 is 2.44. The van der Waals surface area contributed by atoms with Gasteiger partial charge in [-0.1, -0.05) is 27.5 Å². The molecule has 0 N–H and O–H groups in total. The fraction of sp³-hybridized carbons (Fsp3) is 0. The van der Waals surface area contributed by atoms with Gasteiger partial charge in [-0.3, -0.25) is 0 Å². The summed E-state index contributed by atoms with van der Waals surface area (Å²) in [6.45, 7) is 0. The van der Waals surface area contributed by atoms with Gasteiger partial charge < -0.3 is 0 Å². The molecule has 1 heterocycles. The SMILES string of the molecule is Clc1ccc(Br)cc1-n1cnnn1. The minimum Gasteiger partial charge on any atom is -0.199 e. The Balaban J connectivity index is 2.57. The Morgan fingerprint density at radius 1 is 1.38 bits per heavy atom. The molecule has 4 nitrogen and oxygen atoms in total. The molecule has 0 radical (unpaired) electrons. The third kappa shape index (κ3) is 1.71. The molecule has 0 saturated carbocycles. The molecule has 6 heteroatoms. The first kappa shape index (κ1) is 8.65. The summed E-state index contributed by atoms with van der Waals surface area (Å²) in [6, 6.07) is 5.48. The van der Waals surface area contributed by atoms with Gasteiger partial charge in [0, 0.05) is 4.47 Å². The van der Waals surface area contributed by atoms with Gasteiger partial charge in [-0.25, -0.2) is 0 Å². The number of rotatable bonds is 1. The van der Waals surface area contributed by atoms with E-state index in [2.05, 4.69) is 31.5 Å². The zero-order valence-electron chi connectivity index (χ0n) is 6.35. The first-order chi connectivity index (χ1) is 6.27. The summed E-state index contributed by atoms with van der Waals surface area (Å²) in [4.78, 5) is 0. The minimum atomic E-state index is 0.607. The molecule has 1 aromatic heterocycles. The van der Waals surface area contributed by atoms with Gasteiger partial charge in [-0.15, -0.1) is 5.10 Å². The lowest BCUT2D eigenvalue weighted by Crippen LogP contribution is -1.95. The molecule has 0 amide bonds. The van der Waals surface area contributed by atoms with Gasteiger partial charge in [0.1, 0.15) is 6.33 Å². The molecule has 0 aliphatic rings. The smallest absolute Gasteiger partial charge is 0.143 e. The van der Waals surface area contributed by atoms with Crippen LogP contribution in [0.25, 0.3) is 5.69 Å². The summed E-state index contributed by atoms with van der Waals surface area (Å²) in [5, 5.41) is 11.4. The molecule has 2 rings (SSSR count). The summed E-state index contributed by atoms with van der Waals surface area (Å²) in [7, 11) is 0. The molecular formula is C7H4BrClN4. The number of nitrogens with zero attached hydrogens (tertiary/aromatic N) is 4. The van der Waals surface area contributed by atoms with Crippen LogP contribution in [-0.4, -0.2) is 20.2 Å². The van der Waals surface area contributed by atoms with Crippen molar-refractivity contribution in [2.45, 2.75) is 0 Å². The monoisotopic (exact) mass is 258 g/mol. The topological polar surface area (TPSA) is 43.6 Å². The van der Waals surface area contributed by atoms with Crippen molar-refractivity contribution in [2.24, 2.45) is 0 Å². The predicted molar refractivity (Wildman–Crippen MR) is 51.9 cm³/mol. The van der Waals surface area contributed by atoms with Gasteiger partial charge in [0.05, 0.1) is 10.7 Å². The molecule has 0 aliphatic carbocycles. The molecule has 2 aromatic rings. The van der Waals surface area contributed by atoms with E-state index >= 15 is 0 Å². The van der Waals surface area contributed by atoms with Gasteiger partial charge in [-0.2, -0.15) is 4.68 Å². The molecule has 0 bridgehead atoms. The number of aromatic nitrogens is 4. The average molecular weight is 259 g/mol. The Morgan fingerprint density at radius 2 is 2.23 bits per heavy atom. The van der Waals surface area contributed by atoms with Crippen LogP contribution >= 0.6 is 27.5 Å². The molecule has 0 unspecified atom stereocenters. The minimum absolute atomic E-state index is 0.607. The quantitative estimate of drug-likeness (QED) is 0.787. The van der Waals surface area contributed by atoms with Crippen molar-refractivity contribution < 1.29 is 0 Å². The van der Waals surface area contributed by atoms with Crippen molar-refractivity contribution in [3.8, 4) is 5.69 Å². The lowest BCUT2D eigenvalue weighted by atomic mass is 10.3. The lowest BCUT2D eigenvalue weighted by Gasteiger charge is -2.01. The molecule has 0 aliphatic heterocycles. The fourth-order valence-electron chi connectivity index (χ4n) is 0.933. The van der Waals surface area contributed by atoms with Crippen molar-refractivity contribution in [3.05, 3.63) is 34.0 Å². The highest BCUT2D eigenvalue weighted by Gasteiger charge is 2.03. The number of hydrogen-bond donors (Lipinski definition) is 0. The van der Waals surface area contributed by atoms with E-state index in [4.69, 9.17) is 11.6 Å². The van der Waals surface area contributed by atoms with Crippen molar-refractivity contribution in [3.63, 3.8) is 0 Å². The second kappa shape index (κ2) is 3.43. The highest BCUT2D eigenvalue weighted by Crippen LogP contribution is 2.23.